The van der Waals surface area contributed by atoms with Crippen LogP contribution in [0.25, 0.3) is 0 Å². The Labute approximate surface area is 157 Å². The number of carbonyl (C=O) groups excluding carboxylic acids is 1. The lowest BCUT2D eigenvalue weighted by molar-refractivity contribution is 0.0514. The number of aryl methyl sites for hydroxylation is 1. The van der Waals surface area contributed by atoms with Crippen molar-refractivity contribution >= 4 is 23.7 Å². The number of nitrogens with zero attached hydrogens (tertiary/aromatic N) is 4. The lowest BCUT2D eigenvalue weighted by Crippen LogP contribution is -2.35. The van der Waals surface area contributed by atoms with Crippen LogP contribution in [0.5, 0.6) is 0 Å². The van der Waals surface area contributed by atoms with Gasteiger partial charge in [-0.15, -0.1) is 0 Å². The van der Waals surface area contributed by atoms with Crippen molar-refractivity contribution in [2.24, 2.45) is 18.9 Å². The molecule has 0 amide bonds. The minimum absolute atomic E-state index is 0.225. The number of fused-ring (bicyclic) bond motifs is 1. The number of nitrogen functional groups attached to an aromatic ring is 2. The molecule has 0 bridgehead atoms. The van der Waals surface area contributed by atoms with Crippen LogP contribution in [0.3, 0.4) is 0 Å². The largest absolute Gasteiger partial charge is 0.388 e. The number of anilines is 3. The quantitative estimate of drug-likeness (QED) is 0.568. The molecule has 2 aromatic heterocycles. The predicted molar refractivity (Wildman–Crippen MR) is 101 cm³/mol. The highest BCUT2D eigenvalue weighted by Crippen LogP contribution is 2.54. The Hall–Kier alpha value is -2.68. The van der Waals surface area contributed by atoms with E-state index in [-0.39, 0.29) is 5.92 Å². The van der Waals surface area contributed by atoms with Crippen LogP contribution in [-0.2, 0) is 7.05 Å². The van der Waals surface area contributed by atoms with Crippen molar-refractivity contribution in [2.75, 3.05) is 23.3 Å². The first-order valence-electron chi connectivity index (χ1n) is 9.20. The van der Waals surface area contributed by atoms with Gasteiger partial charge in [0.15, 0.2) is 6.29 Å². The standard InChI is InChI=1S/C18H25N7O2/c1-25-17(20)13(7-26)16(24-25)10-2-11-5-18(27,6-12(11)3-10)8-21-15-4-14(19)22-9-23-15/h4,7,9-12,27H,2-3,5-6,8,20H2,1H3,(H3,19,21,22,23). The normalized spacial score (nSPS) is 29.6. The smallest absolute Gasteiger partial charge is 0.155 e. The second kappa shape index (κ2) is 6.49. The molecule has 9 heteroatoms. The van der Waals surface area contributed by atoms with Gasteiger partial charge in [-0.25, -0.2) is 9.97 Å². The molecular formula is C18H25N7O2. The molecule has 0 aliphatic heterocycles. The molecule has 27 heavy (non-hydrogen) atoms. The van der Waals surface area contributed by atoms with E-state index in [2.05, 4.69) is 20.4 Å². The topological polar surface area (TPSA) is 145 Å². The van der Waals surface area contributed by atoms with Crippen LogP contribution in [0.2, 0.25) is 0 Å². The zero-order valence-corrected chi connectivity index (χ0v) is 15.3. The van der Waals surface area contributed by atoms with Gasteiger partial charge in [0.25, 0.3) is 0 Å². The molecule has 2 aliphatic carbocycles. The Morgan fingerprint density at radius 3 is 2.67 bits per heavy atom. The van der Waals surface area contributed by atoms with E-state index in [0.29, 0.717) is 41.4 Å². The van der Waals surface area contributed by atoms with Gasteiger partial charge >= 0.3 is 0 Å². The first kappa shape index (κ1) is 17.7. The van der Waals surface area contributed by atoms with Gasteiger partial charge in [-0.3, -0.25) is 9.48 Å². The Balaban J connectivity index is 1.40. The summed E-state index contributed by atoms with van der Waals surface area (Å²) in [6.45, 7) is 0.428. The summed E-state index contributed by atoms with van der Waals surface area (Å²) in [6.07, 6.45) is 5.49. The van der Waals surface area contributed by atoms with E-state index in [1.54, 1.807) is 17.8 Å². The van der Waals surface area contributed by atoms with E-state index in [1.807, 2.05) is 0 Å². The fourth-order valence-corrected chi connectivity index (χ4v) is 4.86. The summed E-state index contributed by atoms with van der Waals surface area (Å²) in [4.78, 5) is 19.4. The maximum absolute atomic E-state index is 11.4. The van der Waals surface area contributed by atoms with Crippen molar-refractivity contribution in [1.82, 2.24) is 19.7 Å². The summed E-state index contributed by atoms with van der Waals surface area (Å²) in [7, 11) is 1.76. The minimum atomic E-state index is -0.767. The number of aromatic nitrogens is 4. The minimum Gasteiger partial charge on any atom is -0.388 e. The van der Waals surface area contributed by atoms with Gasteiger partial charge in [0.1, 0.15) is 23.8 Å². The van der Waals surface area contributed by atoms with E-state index in [1.165, 1.54) is 6.33 Å². The maximum atomic E-state index is 11.4. The molecule has 9 nitrogen and oxygen atoms in total. The monoisotopic (exact) mass is 371 g/mol. The lowest BCUT2D eigenvalue weighted by atomic mass is 9.92. The van der Waals surface area contributed by atoms with Crippen LogP contribution >= 0.6 is 0 Å². The SMILES string of the molecule is Cn1nc(C2CC3CC(O)(CNc4cc(N)ncn4)CC3C2)c(C=O)c1N. The van der Waals surface area contributed by atoms with Gasteiger partial charge in [-0.05, 0) is 37.5 Å². The van der Waals surface area contributed by atoms with Gasteiger partial charge < -0.3 is 21.9 Å². The van der Waals surface area contributed by atoms with Crippen molar-refractivity contribution in [2.45, 2.75) is 37.2 Å². The van der Waals surface area contributed by atoms with E-state index in [0.717, 1.165) is 37.7 Å². The van der Waals surface area contributed by atoms with Crippen molar-refractivity contribution in [3.05, 3.63) is 23.7 Å². The van der Waals surface area contributed by atoms with Gasteiger partial charge in [-0.1, -0.05) is 0 Å². The molecule has 2 unspecified atom stereocenters. The molecule has 4 rings (SSSR count). The van der Waals surface area contributed by atoms with Gasteiger partial charge in [-0.2, -0.15) is 5.10 Å². The second-order valence-electron chi connectivity index (χ2n) is 7.93. The Bertz CT molecular complexity index is 851. The first-order chi connectivity index (χ1) is 12.9. The number of aliphatic hydroxyl groups is 1. The van der Waals surface area contributed by atoms with Crippen LogP contribution in [0, 0.1) is 11.8 Å². The molecule has 2 fully saturated rings. The molecule has 2 aliphatic rings. The molecule has 0 spiro atoms. The summed E-state index contributed by atoms with van der Waals surface area (Å²) >= 11 is 0. The molecule has 0 radical (unpaired) electrons. The summed E-state index contributed by atoms with van der Waals surface area (Å²) in [5.74, 6) is 2.49. The van der Waals surface area contributed by atoms with Crippen LogP contribution in [0.4, 0.5) is 17.5 Å². The highest BCUT2D eigenvalue weighted by molar-refractivity contribution is 5.83. The molecule has 2 atom stereocenters. The number of aldehydes is 1. The summed E-state index contributed by atoms with van der Waals surface area (Å²) in [6, 6.07) is 1.65. The first-order valence-corrected chi connectivity index (χ1v) is 9.20. The highest BCUT2D eigenvalue weighted by atomic mass is 16.3. The maximum Gasteiger partial charge on any atom is 0.155 e. The molecule has 6 N–H and O–H groups in total. The van der Waals surface area contributed by atoms with Crippen molar-refractivity contribution in [3.8, 4) is 0 Å². The summed E-state index contributed by atoms with van der Waals surface area (Å²) < 4.78 is 1.57. The fourth-order valence-electron chi connectivity index (χ4n) is 4.86. The van der Waals surface area contributed by atoms with Crippen molar-refractivity contribution in [3.63, 3.8) is 0 Å². The van der Waals surface area contributed by atoms with Crippen LogP contribution in [0.15, 0.2) is 12.4 Å². The molecule has 144 valence electrons. The fraction of sp³-hybridized carbons (Fsp3) is 0.556. The second-order valence-corrected chi connectivity index (χ2v) is 7.93. The third-order valence-corrected chi connectivity index (χ3v) is 6.08. The predicted octanol–water partition coefficient (Wildman–Crippen LogP) is 0.934. The number of carbonyl (C=O) groups is 1. The van der Waals surface area contributed by atoms with E-state index in [9.17, 15) is 9.90 Å². The molecule has 2 saturated carbocycles. The van der Waals surface area contributed by atoms with E-state index < -0.39 is 5.60 Å². The Kier molecular flexibility index (Phi) is 4.26. The van der Waals surface area contributed by atoms with E-state index in [4.69, 9.17) is 11.5 Å². The van der Waals surface area contributed by atoms with Crippen LogP contribution in [-0.4, -0.2) is 43.3 Å². The van der Waals surface area contributed by atoms with Crippen LogP contribution in [0.1, 0.15) is 47.7 Å². The van der Waals surface area contributed by atoms with Gasteiger partial charge in [0.2, 0.25) is 0 Å². The number of nitrogens with two attached hydrogens (primary N) is 2. The summed E-state index contributed by atoms with van der Waals surface area (Å²) in [5, 5.41) is 18.6. The van der Waals surface area contributed by atoms with Gasteiger partial charge in [0, 0.05) is 25.6 Å². The number of nitrogens with one attached hydrogen (secondary N) is 1. The number of hydrogen-bond donors (Lipinski definition) is 4. The molecule has 2 heterocycles. The third-order valence-electron chi connectivity index (χ3n) is 6.08. The van der Waals surface area contributed by atoms with Crippen LogP contribution < -0.4 is 16.8 Å². The van der Waals surface area contributed by atoms with Gasteiger partial charge in [0.05, 0.1) is 16.9 Å². The molecule has 0 saturated heterocycles. The van der Waals surface area contributed by atoms with E-state index >= 15 is 0 Å². The number of hydrogen-bond acceptors (Lipinski definition) is 8. The Morgan fingerprint density at radius 1 is 1.33 bits per heavy atom. The molecular weight excluding hydrogens is 346 g/mol. The third kappa shape index (κ3) is 3.23. The van der Waals surface area contributed by atoms with Crippen molar-refractivity contribution < 1.29 is 9.90 Å². The number of rotatable bonds is 5. The molecule has 0 aromatic carbocycles. The Morgan fingerprint density at radius 2 is 2.04 bits per heavy atom. The highest BCUT2D eigenvalue weighted by Gasteiger charge is 2.49. The average Bonchev–Trinajstić information content (AvgIpc) is 3.23. The van der Waals surface area contributed by atoms with Crippen molar-refractivity contribution in [1.29, 1.82) is 0 Å². The molecule has 2 aromatic rings. The summed E-state index contributed by atoms with van der Waals surface area (Å²) in [5.41, 5.74) is 12.2. The lowest BCUT2D eigenvalue weighted by Gasteiger charge is -2.25. The zero-order valence-electron chi connectivity index (χ0n) is 15.3. The zero-order chi connectivity index (χ0) is 19.2. The average molecular weight is 371 g/mol.